The summed E-state index contributed by atoms with van der Waals surface area (Å²) in [5, 5.41) is 6.03. The Morgan fingerprint density at radius 2 is 1.93 bits per heavy atom. The van der Waals surface area contributed by atoms with Gasteiger partial charge in [0.05, 0.1) is 12.9 Å². The van der Waals surface area contributed by atoms with E-state index in [0.29, 0.717) is 16.6 Å². The zero-order chi connectivity index (χ0) is 21.1. The molecule has 30 heavy (non-hydrogen) atoms. The number of fused-ring (bicyclic) bond motifs is 1. The zero-order valence-electron chi connectivity index (χ0n) is 16.4. The average molecular weight is 421 g/mol. The van der Waals surface area contributed by atoms with Crippen LogP contribution in [-0.4, -0.2) is 38.4 Å². The van der Waals surface area contributed by atoms with Gasteiger partial charge in [0.2, 0.25) is 5.91 Å². The van der Waals surface area contributed by atoms with Gasteiger partial charge < -0.3 is 10.1 Å². The van der Waals surface area contributed by atoms with Gasteiger partial charge in [0.1, 0.15) is 5.75 Å². The van der Waals surface area contributed by atoms with Crippen LogP contribution in [0.3, 0.4) is 0 Å². The molecule has 152 valence electrons. The number of methoxy groups -OCH3 is 1. The minimum Gasteiger partial charge on any atom is -0.497 e. The van der Waals surface area contributed by atoms with Crippen molar-refractivity contribution in [2.45, 2.75) is 12.1 Å². The molecule has 0 radical (unpaired) electrons. The van der Waals surface area contributed by atoms with E-state index in [4.69, 9.17) is 4.74 Å². The Bertz CT molecular complexity index is 1260. The van der Waals surface area contributed by atoms with Gasteiger partial charge in [0, 0.05) is 17.3 Å². The van der Waals surface area contributed by atoms with Crippen molar-refractivity contribution in [3.05, 3.63) is 70.5 Å². The van der Waals surface area contributed by atoms with Gasteiger partial charge in [-0.2, -0.15) is 0 Å². The van der Waals surface area contributed by atoms with Gasteiger partial charge in [-0.1, -0.05) is 30.0 Å². The number of aryl methyl sites for hydroxylation is 1. The second-order valence-electron chi connectivity index (χ2n) is 6.52. The van der Waals surface area contributed by atoms with E-state index < -0.39 is 0 Å². The largest absolute Gasteiger partial charge is 0.497 e. The summed E-state index contributed by atoms with van der Waals surface area (Å²) in [6.45, 7) is 1.93. The number of nitrogens with one attached hydrogen (secondary N) is 2. The molecule has 1 amide bonds. The van der Waals surface area contributed by atoms with Gasteiger partial charge in [-0.3, -0.25) is 14.7 Å². The number of aromatic amines is 1. The molecule has 9 heteroatoms. The molecule has 0 bridgehead atoms. The van der Waals surface area contributed by atoms with Gasteiger partial charge in [-0.05, 0) is 42.8 Å². The summed E-state index contributed by atoms with van der Waals surface area (Å²) in [5.41, 5.74) is 2.67. The fourth-order valence-corrected chi connectivity index (χ4v) is 3.63. The van der Waals surface area contributed by atoms with Crippen LogP contribution < -0.4 is 15.6 Å². The molecular weight excluding hydrogens is 402 g/mol. The summed E-state index contributed by atoms with van der Waals surface area (Å²) in [4.78, 5) is 33.3. The fraction of sp³-hybridized carbons (Fsp3) is 0.143. The van der Waals surface area contributed by atoms with Crippen LogP contribution in [0.15, 0.2) is 64.5 Å². The van der Waals surface area contributed by atoms with Crippen molar-refractivity contribution in [2.24, 2.45) is 0 Å². The van der Waals surface area contributed by atoms with Crippen molar-refractivity contribution in [1.29, 1.82) is 0 Å². The van der Waals surface area contributed by atoms with E-state index in [1.165, 1.54) is 22.3 Å². The van der Waals surface area contributed by atoms with E-state index in [9.17, 15) is 9.59 Å². The summed E-state index contributed by atoms with van der Waals surface area (Å²) in [6, 6.07) is 16.3. The lowest BCUT2D eigenvalue weighted by molar-refractivity contribution is -0.113. The Hall–Kier alpha value is -3.59. The lowest BCUT2D eigenvalue weighted by Crippen LogP contribution is -2.15. The summed E-state index contributed by atoms with van der Waals surface area (Å²) in [5.74, 6) is 1.14. The molecule has 2 aromatic heterocycles. The minimum atomic E-state index is -0.289. The molecule has 0 aliphatic rings. The van der Waals surface area contributed by atoms with Crippen LogP contribution in [0.25, 0.3) is 17.0 Å². The number of hydrogen-bond acceptors (Lipinski definition) is 6. The van der Waals surface area contributed by atoms with E-state index in [1.54, 1.807) is 7.11 Å². The number of hydrogen-bond donors (Lipinski definition) is 2. The van der Waals surface area contributed by atoms with Crippen LogP contribution in [0.2, 0.25) is 0 Å². The maximum atomic E-state index is 12.4. The van der Waals surface area contributed by atoms with Crippen molar-refractivity contribution in [3.8, 4) is 17.1 Å². The number of rotatable bonds is 6. The maximum Gasteiger partial charge on any atom is 0.266 e. The molecule has 2 aromatic carbocycles. The van der Waals surface area contributed by atoms with Gasteiger partial charge in [-0.25, -0.2) is 14.5 Å². The molecule has 4 rings (SSSR count). The molecule has 2 heterocycles. The molecule has 0 unspecified atom stereocenters. The molecule has 0 saturated heterocycles. The summed E-state index contributed by atoms with van der Waals surface area (Å²) in [7, 11) is 1.60. The van der Waals surface area contributed by atoms with Crippen molar-refractivity contribution >= 4 is 29.0 Å². The van der Waals surface area contributed by atoms with E-state index in [0.717, 1.165) is 22.6 Å². The lowest BCUT2D eigenvalue weighted by atomic mass is 10.2. The van der Waals surface area contributed by atoms with E-state index in [2.05, 4.69) is 20.4 Å². The number of benzene rings is 2. The van der Waals surface area contributed by atoms with Gasteiger partial charge >= 0.3 is 0 Å². The normalized spacial score (nSPS) is 10.9. The minimum absolute atomic E-state index is 0.128. The molecule has 0 spiro atoms. The number of ether oxygens (including phenoxy) is 1. The number of aromatic nitrogens is 4. The van der Waals surface area contributed by atoms with E-state index >= 15 is 0 Å². The standard InChI is InChI=1S/C21H19N5O3S/c1-13-5-3-4-6-16(13)22-19(28)12-30-21-24-20(14-7-9-15(29-2)10-8-14)23-17-11-18(27)25-26(17)21/h3-11H,12H2,1-2H3,(H,22,28)(H,25,27). The van der Waals surface area contributed by atoms with Crippen LogP contribution in [0.5, 0.6) is 5.75 Å². The van der Waals surface area contributed by atoms with Gasteiger partial charge in [-0.15, -0.1) is 0 Å². The third kappa shape index (κ3) is 4.20. The Morgan fingerprint density at radius 1 is 1.17 bits per heavy atom. The molecule has 0 aliphatic carbocycles. The molecule has 0 fully saturated rings. The molecule has 8 nitrogen and oxygen atoms in total. The van der Waals surface area contributed by atoms with Crippen LogP contribution in [0.4, 0.5) is 5.69 Å². The average Bonchev–Trinajstić information content (AvgIpc) is 3.14. The SMILES string of the molecule is COc1ccc(-c2nc(SCC(=O)Nc3ccccc3C)n3[nH]c(=O)cc3n2)cc1. The number of para-hydroxylation sites is 1. The topological polar surface area (TPSA) is 101 Å². The Labute approximate surface area is 176 Å². The second-order valence-corrected chi connectivity index (χ2v) is 7.47. The smallest absolute Gasteiger partial charge is 0.266 e. The molecule has 0 aliphatic heterocycles. The maximum absolute atomic E-state index is 12.4. The van der Waals surface area contributed by atoms with Crippen molar-refractivity contribution in [3.63, 3.8) is 0 Å². The fourth-order valence-electron chi connectivity index (χ4n) is 2.88. The highest BCUT2D eigenvalue weighted by Gasteiger charge is 2.14. The van der Waals surface area contributed by atoms with Crippen LogP contribution >= 0.6 is 11.8 Å². The Kier molecular flexibility index (Phi) is 5.53. The third-order valence-electron chi connectivity index (χ3n) is 4.42. The number of carbonyl (C=O) groups is 1. The summed E-state index contributed by atoms with van der Waals surface area (Å²) in [6.07, 6.45) is 0. The molecule has 0 atom stereocenters. The summed E-state index contributed by atoms with van der Waals surface area (Å²) >= 11 is 1.22. The number of anilines is 1. The number of amides is 1. The number of H-pyrrole nitrogens is 1. The van der Waals surface area contributed by atoms with Crippen LogP contribution in [-0.2, 0) is 4.79 Å². The molecule has 2 N–H and O–H groups in total. The van der Waals surface area contributed by atoms with Crippen LogP contribution in [0, 0.1) is 6.92 Å². The predicted octanol–water partition coefficient (Wildman–Crippen LogP) is 3.13. The molecule has 4 aromatic rings. The quantitative estimate of drug-likeness (QED) is 0.464. The van der Waals surface area contributed by atoms with Crippen LogP contribution in [0.1, 0.15) is 5.56 Å². The highest BCUT2D eigenvalue weighted by atomic mass is 32.2. The van der Waals surface area contributed by atoms with Gasteiger partial charge in [0.25, 0.3) is 5.56 Å². The molecular formula is C21H19N5O3S. The lowest BCUT2D eigenvalue weighted by Gasteiger charge is -2.09. The van der Waals surface area contributed by atoms with Crippen molar-refractivity contribution in [1.82, 2.24) is 19.6 Å². The Morgan fingerprint density at radius 3 is 2.67 bits per heavy atom. The first-order valence-electron chi connectivity index (χ1n) is 9.16. The first-order chi connectivity index (χ1) is 14.5. The van der Waals surface area contributed by atoms with E-state index in [-0.39, 0.29) is 17.2 Å². The Balaban J connectivity index is 1.60. The second kappa shape index (κ2) is 8.42. The monoisotopic (exact) mass is 421 g/mol. The number of carbonyl (C=O) groups excluding carboxylic acids is 1. The molecule has 0 saturated carbocycles. The predicted molar refractivity (Wildman–Crippen MR) is 116 cm³/mol. The van der Waals surface area contributed by atoms with E-state index in [1.807, 2.05) is 55.5 Å². The third-order valence-corrected chi connectivity index (χ3v) is 5.36. The number of nitrogens with zero attached hydrogens (tertiary/aromatic N) is 3. The van der Waals surface area contributed by atoms with Crippen molar-refractivity contribution < 1.29 is 9.53 Å². The number of thioether (sulfide) groups is 1. The zero-order valence-corrected chi connectivity index (χ0v) is 17.2. The first-order valence-corrected chi connectivity index (χ1v) is 10.1. The van der Waals surface area contributed by atoms with Crippen molar-refractivity contribution in [2.75, 3.05) is 18.2 Å². The first kappa shape index (κ1) is 19.7. The highest BCUT2D eigenvalue weighted by molar-refractivity contribution is 7.99. The summed E-state index contributed by atoms with van der Waals surface area (Å²) < 4.78 is 6.67. The van der Waals surface area contributed by atoms with Gasteiger partial charge in [0.15, 0.2) is 16.6 Å². The highest BCUT2D eigenvalue weighted by Crippen LogP contribution is 2.23.